The second-order valence-corrected chi connectivity index (χ2v) is 5.03. The number of aromatic nitrogens is 1. The van der Waals surface area contributed by atoms with Gasteiger partial charge in [0, 0.05) is 19.8 Å². The predicted molar refractivity (Wildman–Crippen MR) is 82.8 cm³/mol. The molecule has 0 radical (unpaired) electrons. The summed E-state index contributed by atoms with van der Waals surface area (Å²) in [6.07, 6.45) is 1.04. The van der Waals surface area contributed by atoms with Crippen LogP contribution in [0, 0.1) is 5.82 Å². The molecular weight excluding hydrogens is 319 g/mol. The number of aromatic amines is 1. The number of hydrogen-bond donors (Lipinski definition) is 2. The number of H-pyrrole nitrogens is 1. The summed E-state index contributed by atoms with van der Waals surface area (Å²) in [6.45, 7) is 0.154. The SMILES string of the molecule is COc1c(C(=O)O)[nH]cc(C(=O)N(C)Cc2ccc(F)cc2)c1=O. The van der Waals surface area contributed by atoms with Gasteiger partial charge in [0.15, 0.2) is 11.4 Å². The van der Waals surface area contributed by atoms with Gasteiger partial charge in [-0.2, -0.15) is 0 Å². The molecule has 2 N–H and O–H groups in total. The Bertz CT molecular complexity index is 829. The van der Waals surface area contributed by atoms with E-state index in [1.54, 1.807) is 0 Å². The summed E-state index contributed by atoms with van der Waals surface area (Å²) in [5, 5.41) is 9.00. The van der Waals surface area contributed by atoms with E-state index < -0.39 is 34.6 Å². The monoisotopic (exact) mass is 334 g/mol. The van der Waals surface area contributed by atoms with Crippen molar-refractivity contribution in [1.82, 2.24) is 9.88 Å². The minimum absolute atomic E-state index is 0.154. The number of amides is 1. The fourth-order valence-corrected chi connectivity index (χ4v) is 2.16. The van der Waals surface area contributed by atoms with Gasteiger partial charge in [0.25, 0.3) is 5.91 Å². The van der Waals surface area contributed by atoms with Crippen molar-refractivity contribution >= 4 is 11.9 Å². The van der Waals surface area contributed by atoms with Gasteiger partial charge in [-0.1, -0.05) is 12.1 Å². The predicted octanol–water partition coefficient (Wildman–Crippen LogP) is 1.49. The van der Waals surface area contributed by atoms with E-state index in [1.165, 1.54) is 36.2 Å². The zero-order valence-electron chi connectivity index (χ0n) is 13.0. The Labute approximate surface area is 136 Å². The molecular formula is C16H15FN2O5. The molecule has 0 bridgehead atoms. The number of aromatic carboxylic acids is 1. The first-order valence-corrected chi connectivity index (χ1v) is 6.88. The summed E-state index contributed by atoms with van der Waals surface area (Å²) in [7, 11) is 2.62. The molecule has 0 aliphatic carbocycles. The molecule has 1 amide bonds. The zero-order valence-corrected chi connectivity index (χ0v) is 13.0. The number of hydrogen-bond acceptors (Lipinski definition) is 4. The highest BCUT2D eigenvalue weighted by Crippen LogP contribution is 2.13. The van der Waals surface area contributed by atoms with E-state index in [4.69, 9.17) is 9.84 Å². The Morgan fingerprint density at radius 3 is 2.46 bits per heavy atom. The minimum atomic E-state index is -1.37. The smallest absolute Gasteiger partial charge is 0.356 e. The van der Waals surface area contributed by atoms with Crippen molar-refractivity contribution in [2.45, 2.75) is 6.54 Å². The highest BCUT2D eigenvalue weighted by molar-refractivity contribution is 5.96. The third-order valence-corrected chi connectivity index (χ3v) is 3.37. The molecule has 1 heterocycles. The zero-order chi connectivity index (χ0) is 17.9. The lowest BCUT2D eigenvalue weighted by Gasteiger charge is -2.17. The van der Waals surface area contributed by atoms with Crippen molar-refractivity contribution in [2.24, 2.45) is 0 Å². The summed E-state index contributed by atoms with van der Waals surface area (Å²) in [6, 6.07) is 5.59. The normalized spacial score (nSPS) is 10.3. The van der Waals surface area contributed by atoms with Crippen LogP contribution in [0.1, 0.15) is 26.4 Å². The number of carboxylic acids is 1. The lowest BCUT2D eigenvalue weighted by Crippen LogP contribution is -2.31. The molecule has 8 heteroatoms. The van der Waals surface area contributed by atoms with Gasteiger partial charge in [-0.3, -0.25) is 9.59 Å². The number of benzene rings is 1. The van der Waals surface area contributed by atoms with Crippen LogP contribution in [0.2, 0.25) is 0 Å². The first-order chi connectivity index (χ1) is 11.3. The van der Waals surface area contributed by atoms with Crippen LogP contribution >= 0.6 is 0 Å². The Kier molecular flexibility index (Phi) is 4.98. The van der Waals surface area contributed by atoms with E-state index in [0.29, 0.717) is 5.56 Å². The summed E-state index contributed by atoms with van der Waals surface area (Å²) in [5.41, 5.74) is -0.816. The fraction of sp³-hybridized carbons (Fsp3) is 0.188. The number of carbonyl (C=O) groups is 2. The fourth-order valence-electron chi connectivity index (χ4n) is 2.16. The maximum Gasteiger partial charge on any atom is 0.356 e. The topological polar surface area (TPSA) is 99.7 Å². The van der Waals surface area contributed by atoms with E-state index in [9.17, 15) is 18.8 Å². The van der Waals surface area contributed by atoms with Crippen molar-refractivity contribution in [2.75, 3.05) is 14.2 Å². The molecule has 0 unspecified atom stereocenters. The van der Waals surface area contributed by atoms with E-state index in [2.05, 4.69) is 4.98 Å². The molecule has 0 saturated carbocycles. The minimum Gasteiger partial charge on any atom is -0.491 e. The van der Waals surface area contributed by atoms with Crippen LogP contribution < -0.4 is 10.2 Å². The molecule has 0 spiro atoms. The van der Waals surface area contributed by atoms with Gasteiger partial charge in [0.2, 0.25) is 5.43 Å². The second kappa shape index (κ2) is 6.95. The molecule has 1 aromatic heterocycles. The molecule has 2 aromatic rings. The Balaban J connectivity index is 2.30. The van der Waals surface area contributed by atoms with Crippen molar-refractivity contribution in [3.8, 4) is 5.75 Å². The average molecular weight is 334 g/mol. The van der Waals surface area contributed by atoms with Crippen LogP contribution in [0.5, 0.6) is 5.75 Å². The van der Waals surface area contributed by atoms with Gasteiger partial charge in [-0.15, -0.1) is 0 Å². The first-order valence-electron chi connectivity index (χ1n) is 6.88. The van der Waals surface area contributed by atoms with Crippen LogP contribution in [0.15, 0.2) is 35.3 Å². The Hall–Kier alpha value is -3.16. The van der Waals surface area contributed by atoms with Gasteiger partial charge in [-0.05, 0) is 17.7 Å². The van der Waals surface area contributed by atoms with Gasteiger partial charge in [0.05, 0.1) is 7.11 Å². The standard InChI is InChI=1S/C16H15FN2O5/c1-19(8-9-3-5-10(17)6-4-9)15(21)11-7-18-12(16(22)23)14(24-2)13(11)20/h3-7H,8H2,1-2H3,(H,18,20)(H,22,23). The van der Waals surface area contributed by atoms with Crippen LogP contribution in [0.25, 0.3) is 0 Å². The average Bonchev–Trinajstić information content (AvgIpc) is 2.55. The molecule has 2 rings (SSSR count). The van der Waals surface area contributed by atoms with Crippen molar-refractivity contribution in [1.29, 1.82) is 0 Å². The van der Waals surface area contributed by atoms with Crippen LogP contribution in [-0.4, -0.2) is 41.0 Å². The summed E-state index contributed by atoms with van der Waals surface area (Å²) < 4.78 is 17.7. The number of nitrogens with zero attached hydrogens (tertiary/aromatic N) is 1. The Morgan fingerprint density at radius 2 is 1.92 bits per heavy atom. The van der Waals surface area contributed by atoms with E-state index >= 15 is 0 Å². The van der Waals surface area contributed by atoms with Crippen LogP contribution in [-0.2, 0) is 6.54 Å². The number of pyridine rings is 1. The largest absolute Gasteiger partial charge is 0.491 e. The summed E-state index contributed by atoms with van der Waals surface area (Å²) >= 11 is 0. The quantitative estimate of drug-likeness (QED) is 0.863. The van der Waals surface area contributed by atoms with Crippen molar-refractivity contribution < 1.29 is 23.8 Å². The van der Waals surface area contributed by atoms with E-state index in [0.717, 1.165) is 13.3 Å². The number of methoxy groups -OCH3 is 1. The number of nitrogens with one attached hydrogen (secondary N) is 1. The van der Waals surface area contributed by atoms with Gasteiger partial charge in [0.1, 0.15) is 11.4 Å². The number of carboxylic acid groups (broad SMARTS) is 1. The third kappa shape index (κ3) is 3.43. The van der Waals surface area contributed by atoms with Crippen molar-refractivity contribution in [3.63, 3.8) is 0 Å². The highest BCUT2D eigenvalue weighted by atomic mass is 19.1. The molecule has 7 nitrogen and oxygen atoms in total. The molecule has 24 heavy (non-hydrogen) atoms. The molecule has 0 atom stereocenters. The number of ether oxygens (including phenoxy) is 1. The van der Waals surface area contributed by atoms with Gasteiger partial charge >= 0.3 is 5.97 Å². The first kappa shape index (κ1) is 17.2. The number of halogens is 1. The second-order valence-electron chi connectivity index (χ2n) is 5.03. The van der Waals surface area contributed by atoms with E-state index in [1.807, 2.05) is 0 Å². The highest BCUT2D eigenvalue weighted by Gasteiger charge is 2.23. The maximum absolute atomic E-state index is 12.9. The summed E-state index contributed by atoms with van der Waals surface area (Å²) in [4.78, 5) is 39.4. The molecule has 1 aromatic carbocycles. The van der Waals surface area contributed by atoms with Crippen LogP contribution in [0.4, 0.5) is 4.39 Å². The molecule has 0 fully saturated rings. The molecule has 0 aliphatic heterocycles. The molecule has 0 aliphatic rings. The van der Waals surface area contributed by atoms with Gasteiger partial charge < -0.3 is 19.7 Å². The molecule has 0 saturated heterocycles. The van der Waals surface area contributed by atoms with Gasteiger partial charge in [-0.25, -0.2) is 9.18 Å². The lowest BCUT2D eigenvalue weighted by atomic mass is 10.1. The van der Waals surface area contributed by atoms with Crippen LogP contribution in [0.3, 0.4) is 0 Å². The third-order valence-electron chi connectivity index (χ3n) is 3.37. The van der Waals surface area contributed by atoms with E-state index in [-0.39, 0.29) is 12.1 Å². The Morgan fingerprint density at radius 1 is 1.29 bits per heavy atom. The van der Waals surface area contributed by atoms with Crippen molar-refractivity contribution in [3.05, 3.63) is 63.3 Å². The maximum atomic E-state index is 12.9. The molecule has 126 valence electrons. The summed E-state index contributed by atoms with van der Waals surface area (Å²) in [5.74, 6) is -2.82. The number of carbonyl (C=O) groups excluding carboxylic acids is 1. The lowest BCUT2D eigenvalue weighted by molar-refractivity contribution is 0.0683. The number of rotatable bonds is 5.